The highest BCUT2D eigenvalue weighted by Crippen LogP contribution is 2.49. The number of amides is 2. The van der Waals surface area contributed by atoms with Crippen molar-refractivity contribution in [3.63, 3.8) is 0 Å². The highest BCUT2D eigenvalue weighted by molar-refractivity contribution is 5.89. The fraction of sp³-hybridized carbons (Fsp3) is 0.480. The van der Waals surface area contributed by atoms with Gasteiger partial charge >= 0.3 is 6.03 Å². The fourth-order valence-electron chi connectivity index (χ4n) is 5.47. The average molecular weight is 442 g/mol. The summed E-state index contributed by atoms with van der Waals surface area (Å²) in [5, 5.41) is 5.74. The van der Waals surface area contributed by atoms with Gasteiger partial charge in [0, 0.05) is 17.5 Å². The molecule has 0 bridgehead atoms. The van der Waals surface area contributed by atoms with E-state index in [0.717, 1.165) is 49.3 Å². The molecule has 0 spiro atoms. The first-order valence-corrected chi connectivity index (χ1v) is 11.1. The van der Waals surface area contributed by atoms with Gasteiger partial charge in [0.15, 0.2) is 11.5 Å². The summed E-state index contributed by atoms with van der Waals surface area (Å²) in [7, 11) is 5.46. The van der Waals surface area contributed by atoms with Crippen molar-refractivity contribution in [3.8, 4) is 11.5 Å². The maximum absolute atomic E-state index is 14.0. The molecule has 4 rings (SSSR count). The Balaban J connectivity index is 1.49. The lowest BCUT2D eigenvalue weighted by Crippen LogP contribution is -2.52. The summed E-state index contributed by atoms with van der Waals surface area (Å²) in [5.74, 6) is 1.04. The van der Waals surface area contributed by atoms with Gasteiger partial charge in [-0.2, -0.15) is 0 Å². The molecule has 2 amide bonds. The van der Waals surface area contributed by atoms with Crippen LogP contribution in [0.2, 0.25) is 0 Å². The summed E-state index contributed by atoms with van der Waals surface area (Å²) in [4.78, 5) is 15.0. The number of carbonyl (C=O) groups excluding carboxylic acids is 1. The first-order chi connectivity index (χ1) is 15.4. The van der Waals surface area contributed by atoms with E-state index in [0.29, 0.717) is 6.04 Å². The molecular formula is C25H32FN3O3. The van der Waals surface area contributed by atoms with Crippen LogP contribution in [0.4, 0.5) is 14.9 Å². The van der Waals surface area contributed by atoms with E-state index in [1.165, 1.54) is 11.6 Å². The smallest absolute Gasteiger partial charge is 0.319 e. The number of methoxy groups -OCH3 is 2. The molecule has 1 heterocycles. The number of urea groups is 1. The number of nitrogens with one attached hydrogen (secondary N) is 2. The average Bonchev–Trinajstić information content (AvgIpc) is 3.13. The van der Waals surface area contributed by atoms with E-state index >= 15 is 0 Å². The van der Waals surface area contributed by atoms with Crippen molar-refractivity contribution in [2.24, 2.45) is 0 Å². The lowest BCUT2D eigenvalue weighted by molar-refractivity contribution is 0.156. The van der Waals surface area contributed by atoms with E-state index in [9.17, 15) is 9.18 Å². The molecule has 1 aliphatic heterocycles. The third-order valence-corrected chi connectivity index (χ3v) is 7.19. The molecular weight excluding hydrogens is 409 g/mol. The second-order valence-corrected chi connectivity index (χ2v) is 9.03. The molecule has 6 nitrogen and oxygen atoms in total. The number of benzene rings is 2. The molecule has 2 fully saturated rings. The second kappa shape index (κ2) is 8.98. The normalized spacial score (nSPS) is 25.2. The zero-order valence-electron chi connectivity index (χ0n) is 19.2. The Morgan fingerprint density at radius 2 is 1.91 bits per heavy atom. The van der Waals surface area contributed by atoms with Crippen LogP contribution in [-0.4, -0.2) is 50.8 Å². The van der Waals surface area contributed by atoms with Crippen LogP contribution in [0.25, 0.3) is 0 Å². The van der Waals surface area contributed by atoms with Crippen molar-refractivity contribution in [2.45, 2.75) is 50.1 Å². The van der Waals surface area contributed by atoms with Gasteiger partial charge in [-0.25, -0.2) is 9.18 Å². The van der Waals surface area contributed by atoms with Gasteiger partial charge in [0.2, 0.25) is 0 Å². The third kappa shape index (κ3) is 4.13. The standard InChI is InChI=1S/C25H32FN3O3/c1-16-5-7-19(26)20(13-16)28-24(30)27-18-9-10-25(11-12-29(2)23(25)15-18)17-6-8-21(31-3)22(14-17)32-4/h5-8,13-14,18,23H,9-12,15H2,1-4H3,(H2,27,28,30)/t18-,23+,25+/m1/s1. The minimum absolute atomic E-state index is 0.0195. The van der Waals surface area contributed by atoms with Crippen molar-refractivity contribution < 1.29 is 18.7 Å². The molecule has 0 unspecified atom stereocenters. The molecule has 7 heteroatoms. The Hall–Kier alpha value is -2.80. The van der Waals surface area contributed by atoms with Gasteiger partial charge in [-0.3, -0.25) is 0 Å². The minimum Gasteiger partial charge on any atom is -0.493 e. The first kappa shape index (κ1) is 22.4. The number of halogens is 1. The zero-order valence-corrected chi connectivity index (χ0v) is 19.2. The van der Waals surface area contributed by atoms with Crippen molar-refractivity contribution in [3.05, 3.63) is 53.3 Å². The van der Waals surface area contributed by atoms with Gasteiger partial charge in [-0.1, -0.05) is 12.1 Å². The van der Waals surface area contributed by atoms with E-state index in [-0.39, 0.29) is 23.2 Å². The Morgan fingerprint density at radius 1 is 1.12 bits per heavy atom. The maximum Gasteiger partial charge on any atom is 0.319 e. The quantitative estimate of drug-likeness (QED) is 0.719. The highest BCUT2D eigenvalue weighted by atomic mass is 19.1. The molecule has 2 aromatic rings. The number of hydrogen-bond acceptors (Lipinski definition) is 4. The largest absolute Gasteiger partial charge is 0.493 e. The molecule has 172 valence electrons. The van der Waals surface area contributed by atoms with Crippen LogP contribution in [0.15, 0.2) is 36.4 Å². The van der Waals surface area contributed by atoms with Gasteiger partial charge in [0.1, 0.15) is 5.82 Å². The van der Waals surface area contributed by atoms with Gasteiger partial charge in [0.25, 0.3) is 0 Å². The van der Waals surface area contributed by atoms with Crippen LogP contribution < -0.4 is 20.1 Å². The van der Waals surface area contributed by atoms with Gasteiger partial charge in [-0.05, 0) is 81.6 Å². The van der Waals surface area contributed by atoms with Gasteiger partial charge in [0.05, 0.1) is 19.9 Å². The first-order valence-electron chi connectivity index (χ1n) is 11.1. The predicted octanol–water partition coefficient (Wildman–Crippen LogP) is 4.47. The Morgan fingerprint density at radius 3 is 2.66 bits per heavy atom. The van der Waals surface area contributed by atoms with Crippen molar-refractivity contribution >= 4 is 11.7 Å². The van der Waals surface area contributed by atoms with Crippen molar-refractivity contribution in [1.82, 2.24) is 10.2 Å². The number of anilines is 1. The molecule has 2 aromatic carbocycles. The highest BCUT2D eigenvalue weighted by Gasteiger charge is 2.50. The summed E-state index contributed by atoms with van der Waals surface area (Å²) in [6, 6.07) is 10.9. The Labute approximate surface area is 189 Å². The van der Waals surface area contributed by atoms with Crippen molar-refractivity contribution in [1.29, 1.82) is 0 Å². The number of likely N-dealkylation sites (N-methyl/N-ethyl adjacent to an activating group) is 1. The monoisotopic (exact) mass is 441 g/mol. The van der Waals surface area contributed by atoms with Crippen LogP contribution in [0.1, 0.15) is 36.8 Å². The van der Waals surface area contributed by atoms with Gasteiger partial charge < -0.3 is 25.0 Å². The number of hydrogen-bond donors (Lipinski definition) is 2. The third-order valence-electron chi connectivity index (χ3n) is 7.19. The summed E-state index contributed by atoms with van der Waals surface area (Å²) in [6.45, 7) is 2.87. The number of aryl methyl sites for hydroxylation is 1. The SMILES string of the molecule is COc1ccc([C@@]23CC[C@@H](NC(=O)Nc4cc(C)ccc4F)C[C@@H]2N(C)CC3)cc1OC. The summed E-state index contributed by atoms with van der Waals surface area (Å²) >= 11 is 0. The maximum atomic E-state index is 14.0. The van der Waals surface area contributed by atoms with E-state index < -0.39 is 5.82 Å². The molecule has 1 aliphatic carbocycles. The fourth-order valence-corrected chi connectivity index (χ4v) is 5.47. The number of rotatable bonds is 5. The molecule has 1 saturated carbocycles. The Kier molecular flexibility index (Phi) is 6.29. The van der Waals surface area contributed by atoms with Crippen LogP contribution in [0.3, 0.4) is 0 Å². The lowest BCUT2D eigenvalue weighted by atomic mass is 9.65. The van der Waals surface area contributed by atoms with E-state index in [2.05, 4.69) is 34.7 Å². The number of ether oxygens (including phenoxy) is 2. The number of likely N-dealkylation sites (tertiary alicyclic amines) is 1. The second-order valence-electron chi connectivity index (χ2n) is 9.03. The topological polar surface area (TPSA) is 62.8 Å². The summed E-state index contributed by atoms with van der Waals surface area (Å²) < 4.78 is 25.0. The number of carbonyl (C=O) groups is 1. The molecule has 0 aromatic heterocycles. The van der Waals surface area contributed by atoms with Crippen LogP contribution in [-0.2, 0) is 5.41 Å². The van der Waals surface area contributed by atoms with Crippen LogP contribution in [0, 0.1) is 12.7 Å². The summed E-state index contributed by atoms with van der Waals surface area (Å²) in [5.41, 5.74) is 2.38. The number of nitrogens with zero attached hydrogens (tertiary/aromatic N) is 1. The lowest BCUT2D eigenvalue weighted by Gasteiger charge is -2.45. The molecule has 2 N–H and O–H groups in total. The van der Waals surface area contributed by atoms with Gasteiger partial charge in [-0.15, -0.1) is 0 Å². The van der Waals surface area contributed by atoms with E-state index in [4.69, 9.17) is 9.47 Å². The number of fused-ring (bicyclic) bond motifs is 1. The van der Waals surface area contributed by atoms with E-state index in [1.807, 2.05) is 13.0 Å². The minimum atomic E-state index is -0.433. The molecule has 1 saturated heterocycles. The van der Waals surface area contributed by atoms with Crippen LogP contribution >= 0.6 is 0 Å². The van der Waals surface area contributed by atoms with E-state index in [1.54, 1.807) is 26.4 Å². The Bertz CT molecular complexity index is 998. The van der Waals surface area contributed by atoms with Crippen LogP contribution in [0.5, 0.6) is 11.5 Å². The zero-order chi connectivity index (χ0) is 22.9. The molecule has 3 atom stereocenters. The summed E-state index contributed by atoms with van der Waals surface area (Å²) in [6.07, 6.45) is 3.73. The van der Waals surface area contributed by atoms with Crippen molar-refractivity contribution in [2.75, 3.05) is 33.1 Å². The molecule has 32 heavy (non-hydrogen) atoms. The molecule has 0 radical (unpaired) electrons. The predicted molar refractivity (Wildman–Crippen MR) is 123 cm³/mol. The molecule has 2 aliphatic rings.